The van der Waals surface area contributed by atoms with Crippen LogP contribution in [0.25, 0.3) is 0 Å². The summed E-state index contributed by atoms with van der Waals surface area (Å²) in [6.45, 7) is 5.55. The number of ether oxygens (including phenoxy) is 2. The van der Waals surface area contributed by atoms with Crippen molar-refractivity contribution in [2.75, 3.05) is 20.2 Å². The summed E-state index contributed by atoms with van der Waals surface area (Å²) in [6.07, 6.45) is 2.26. The Balaban J connectivity index is 1.79. The number of benzene rings is 2. The fraction of sp³-hybridized carbons (Fsp3) is 0.368. The number of nitrogens with zero attached hydrogens (tertiary/aromatic N) is 1. The highest BCUT2D eigenvalue weighted by molar-refractivity contribution is 5.44. The molecule has 0 N–H and O–H groups in total. The van der Waals surface area contributed by atoms with Gasteiger partial charge in [0.25, 0.3) is 0 Å². The van der Waals surface area contributed by atoms with Crippen molar-refractivity contribution in [2.45, 2.75) is 26.3 Å². The highest BCUT2D eigenvalue weighted by Gasteiger charge is 2.19. The first-order chi connectivity index (χ1) is 10.8. The second-order valence-electron chi connectivity index (χ2n) is 5.70. The molecule has 0 aliphatic carbocycles. The third kappa shape index (κ3) is 3.25. The molecular weight excluding hydrogens is 274 g/mol. The minimum Gasteiger partial charge on any atom is -0.497 e. The average Bonchev–Trinajstić information content (AvgIpc) is 2.56. The van der Waals surface area contributed by atoms with Crippen molar-refractivity contribution in [1.29, 1.82) is 0 Å². The van der Waals surface area contributed by atoms with Crippen LogP contribution >= 0.6 is 0 Å². The van der Waals surface area contributed by atoms with E-state index in [1.807, 2.05) is 24.3 Å². The topological polar surface area (TPSA) is 21.7 Å². The van der Waals surface area contributed by atoms with Crippen LogP contribution in [-0.4, -0.2) is 25.1 Å². The molecule has 0 atom stereocenters. The summed E-state index contributed by atoms with van der Waals surface area (Å²) >= 11 is 0. The van der Waals surface area contributed by atoms with Gasteiger partial charge in [-0.3, -0.25) is 4.90 Å². The van der Waals surface area contributed by atoms with Crippen LogP contribution in [-0.2, 0) is 13.0 Å². The van der Waals surface area contributed by atoms with E-state index in [0.717, 1.165) is 36.8 Å². The van der Waals surface area contributed by atoms with Gasteiger partial charge in [0.15, 0.2) is 0 Å². The van der Waals surface area contributed by atoms with Crippen molar-refractivity contribution in [2.24, 2.45) is 0 Å². The summed E-state index contributed by atoms with van der Waals surface area (Å²) in [7, 11) is 1.67. The lowest BCUT2D eigenvalue weighted by Gasteiger charge is -2.29. The van der Waals surface area contributed by atoms with E-state index >= 15 is 0 Å². The largest absolute Gasteiger partial charge is 0.497 e. The smallest absolute Gasteiger partial charge is 0.130 e. The molecule has 0 fully saturated rings. The Labute approximate surface area is 132 Å². The first-order valence-electron chi connectivity index (χ1n) is 7.95. The molecule has 3 heteroatoms. The Hall–Kier alpha value is -2.00. The predicted octanol–water partition coefficient (Wildman–Crippen LogP) is 4.26. The summed E-state index contributed by atoms with van der Waals surface area (Å²) < 4.78 is 11.3. The van der Waals surface area contributed by atoms with Gasteiger partial charge >= 0.3 is 0 Å². The normalized spacial score (nSPS) is 14.5. The molecule has 22 heavy (non-hydrogen) atoms. The van der Waals surface area contributed by atoms with E-state index < -0.39 is 0 Å². The van der Waals surface area contributed by atoms with E-state index in [1.54, 1.807) is 7.11 Å². The van der Waals surface area contributed by atoms with Crippen LogP contribution in [0.2, 0.25) is 0 Å². The molecule has 0 amide bonds. The molecule has 2 aromatic carbocycles. The van der Waals surface area contributed by atoms with Gasteiger partial charge in [-0.25, -0.2) is 0 Å². The molecule has 1 aliphatic rings. The maximum Gasteiger partial charge on any atom is 0.130 e. The fourth-order valence-corrected chi connectivity index (χ4v) is 3.01. The van der Waals surface area contributed by atoms with E-state index in [9.17, 15) is 0 Å². The molecule has 0 unspecified atom stereocenters. The lowest BCUT2D eigenvalue weighted by Crippen LogP contribution is -2.31. The van der Waals surface area contributed by atoms with Gasteiger partial charge in [-0.15, -0.1) is 0 Å². The van der Waals surface area contributed by atoms with Crippen LogP contribution in [0.1, 0.15) is 24.5 Å². The lowest BCUT2D eigenvalue weighted by molar-refractivity contribution is 0.252. The molecule has 0 spiro atoms. The molecule has 116 valence electrons. The Bertz CT molecular complexity index is 622. The van der Waals surface area contributed by atoms with Crippen LogP contribution in [0, 0.1) is 0 Å². The molecule has 0 radical (unpaired) electrons. The van der Waals surface area contributed by atoms with Gasteiger partial charge in [-0.1, -0.05) is 19.1 Å². The Morgan fingerprint density at radius 3 is 2.55 bits per heavy atom. The van der Waals surface area contributed by atoms with Gasteiger partial charge in [-0.2, -0.15) is 0 Å². The molecule has 2 aromatic rings. The van der Waals surface area contributed by atoms with E-state index in [-0.39, 0.29) is 0 Å². The number of methoxy groups -OCH3 is 1. The molecule has 0 bridgehead atoms. The van der Waals surface area contributed by atoms with Gasteiger partial charge in [0, 0.05) is 18.7 Å². The Kier molecular flexibility index (Phi) is 4.64. The Morgan fingerprint density at radius 1 is 1.05 bits per heavy atom. The molecule has 1 heterocycles. The first kappa shape index (κ1) is 14.9. The van der Waals surface area contributed by atoms with Gasteiger partial charge in [0.1, 0.15) is 17.2 Å². The van der Waals surface area contributed by atoms with Gasteiger partial charge in [0.2, 0.25) is 0 Å². The SMILES string of the molecule is CCCN1CCc2c(cccc2Oc2ccc(OC)cc2)C1. The zero-order valence-electron chi connectivity index (χ0n) is 13.3. The quantitative estimate of drug-likeness (QED) is 0.823. The molecule has 0 saturated carbocycles. The van der Waals surface area contributed by atoms with E-state index in [4.69, 9.17) is 9.47 Å². The van der Waals surface area contributed by atoms with Crippen molar-refractivity contribution in [1.82, 2.24) is 4.90 Å². The first-order valence-corrected chi connectivity index (χ1v) is 7.95. The van der Waals surface area contributed by atoms with E-state index in [1.165, 1.54) is 24.1 Å². The zero-order chi connectivity index (χ0) is 15.4. The monoisotopic (exact) mass is 297 g/mol. The van der Waals surface area contributed by atoms with Crippen molar-refractivity contribution in [3.63, 3.8) is 0 Å². The van der Waals surface area contributed by atoms with Crippen molar-refractivity contribution in [3.8, 4) is 17.2 Å². The highest BCUT2D eigenvalue weighted by atomic mass is 16.5. The minimum atomic E-state index is 0.845. The minimum absolute atomic E-state index is 0.845. The molecule has 3 nitrogen and oxygen atoms in total. The van der Waals surface area contributed by atoms with Crippen LogP contribution in [0.15, 0.2) is 42.5 Å². The summed E-state index contributed by atoms with van der Waals surface area (Å²) in [5.41, 5.74) is 2.75. The number of hydrogen-bond donors (Lipinski definition) is 0. The van der Waals surface area contributed by atoms with E-state index in [2.05, 4.69) is 30.0 Å². The summed E-state index contributed by atoms with van der Waals surface area (Å²) in [4.78, 5) is 2.51. The van der Waals surface area contributed by atoms with Crippen molar-refractivity contribution in [3.05, 3.63) is 53.6 Å². The summed E-state index contributed by atoms with van der Waals surface area (Å²) in [6, 6.07) is 14.1. The molecule has 3 rings (SSSR count). The summed E-state index contributed by atoms with van der Waals surface area (Å²) in [5.74, 6) is 2.68. The predicted molar refractivity (Wildman–Crippen MR) is 88.8 cm³/mol. The van der Waals surface area contributed by atoms with Crippen molar-refractivity contribution >= 4 is 0 Å². The molecular formula is C19H23NO2. The average molecular weight is 297 g/mol. The maximum absolute atomic E-state index is 6.10. The second kappa shape index (κ2) is 6.84. The van der Waals surface area contributed by atoms with E-state index in [0.29, 0.717) is 0 Å². The van der Waals surface area contributed by atoms with Crippen LogP contribution in [0.3, 0.4) is 0 Å². The second-order valence-corrected chi connectivity index (χ2v) is 5.70. The standard InChI is InChI=1S/C19H23NO2/c1-3-12-20-13-11-18-15(14-20)5-4-6-19(18)22-17-9-7-16(21-2)8-10-17/h4-10H,3,11-14H2,1-2H3. The molecule has 1 aliphatic heterocycles. The Morgan fingerprint density at radius 2 is 1.82 bits per heavy atom. The molecule has 0 aromatic heterocycles. The molecule has 0 saturated heterocycles. The number of hydrogen-bond acceptors (Lipinski definition) is 3. The maximum atomic E-state index is 6.10. The van der Waals surface area contributed by atoms with Crippen LogP contribution in [0.4, 0.5) is 0 Å². The fourth-order valence-electron chi connectivity index (χ4n) is 3.01. The highest BCUT2D eigenvalue weighted by Crippen LogP contribution is 2.32. The van der Waals surface area contributed by atoms with Crippen LogP contribution in [0.5, 0.6) is 17.2 Å². The third-order valence-electron chi connectivity index (χ3n) is 4.13. The third-order valence-corrected chi connectivity index (χ3v) is 4.13. The number of rotatable bonds is 5. The van der Waals surface area contributed by atoms with Gasteiger partial charge in [0.05, 0.1) is 7.11 Å². The van der Waals surface area contributed by atoms with Gasteiger partial charge in [-0.05, 0) is 55.3 Å². The van der Waals surface area contributed by atoms with Crippen molar-refractivity contribution < 1.29 is 9.47 Å². The summed E-state index contributed by atoms with van der Waals surface area (Å²) in [5, 5.41) is 0. The zero-order valence-corrected chi connectivity index (χ0v) is 13.3. The number of fused-ring (bicyclic) bond motifs is 1. The lowest BCUT2D eigenvalue weighted by atomic mass is 9.98. The van der Waals surface area contributed by atoms with Crippen LogP contribution < -0.4 is 9.47 Å². The van der Waals surface area contributed by atoms with Gasteiger partial charge < -0.3 is 9.47 Å².